The number of nitrogens with zero attached hydrogens (tertiary/aromatic N) is 2. The molecular formula is C9H14N3O2+. The van der Waals surface area contributed by atoms with E-state index in [-0.39, 0.29) is 0 Å². The molecular weight excluding hydrogens is 182 g/mol. The third-order valence-corrected chi connectivity index (χ3v) is 1.68. The van der Waals surface area contributed by atoms with Gasteiger partial charge in [0, 0.05) is 12.6 Å². The number of nitrogens with one attached hydrogen (secondary N) is 1. The number of hydrogen-bond donors (Lipinski definition) is 1. The molecule has 0 saturated carbocycles. The Balaban J connectivity index is 2.63. The van der Waals surface area contributed by atoms with Gasteiger partial charge in [0.1, 0.15) is 12.0 Å². The average Bonchev–Trinajstić information content (AvgIpc) is 2.26. The predicted molar refractivity (Wildman–Crippen MR) is 53.3 cm³/mol. The molecule has 0 aliphatic heterocycles. The van der Waals surface area contributed by atoms with Gasteiger partial charge >= 0.3 is 5.69 Å². The lowest BCUT2D eigenvalue weighted by Gasteiger charge is -2.01. The lowest BCUT2D eigenvalue weighted by atomic mass is 10.4. The molecule has 0 bridgehead atoms. The van der Waals surface area contributed by atoms with Crippen molar-refractivity contribution in [3.05, 3.63) is 23.2 Å². The molecule has 0 unspecified atom stereocenters. The molecule has 0 amide bonds. The van der Waals surface area contributed by atoms with Crippen molar-refractivity contribution in [2.75, 3.05) is 19.0 Å². The van der Waals surface area contributed by atoms with Crippen LogP contribution in [-0.2, 0) is 4.84 Å². The zero-order chi connectivity index (χ0) is 10.4. The van der Waals surface area contributed by atoms with E-state index in [0.29, 0.717) is 10.6 Å². The van der Waals surface area contributed by atoms with Crippen LogP contribution < -0.4 is 5.32 Å². The van der Waals surface area contributed by atoms with Gasteiger partial charge in [0.15, 0.2) is 7.11 Å². The van der Waals surface area contributed by atoms with Gasteiger partial charge in [-0.05, 0) is 12.5 Å². The SMILES string of the molecule is CCCNc1ccc([N+](=O)OC)cn1. The molecule has 5 heteroatoms. The Bertz CT molecular complexity index is 297. The highest BCUT2D eigenvalue weighted by molar-refractivity contribution is 5.39. The molecule has 5 nitrogen and oxygen atoms in total. The second-order valence-corrected chi connectivity index (χ2v) is 2.77. The third kappa shape index (κ3) is 2.69. The summed E-state index contributed by atoms with van der Waals surface area (Å²) >= 11 is 0. The van der Waals surface area contributed by atoms with Gasteiger partial charge in [0.25, 0.3) is 4.92 Å². The number of aromatic nitrogens is 1. The highest BCUT2D eigenvalue weighted by Crippen LogP contribution is 2.12. The lowest BCUT2D eigenvalue weighted by Crippen LogP contribution is -2.03. The van der Waals surface area contributed by atoms with Crippen LogP contribution in [0.25, 0.3) is 0 Å². The van der Waals surface area contributed by atoms with Crippen molar-refractivity contribution in [1.82, 2.24) is 4.98 Å². The van der Waals surface area contributed by atoms with Crippen molar-refractivity contribution < 1.29 is 9.76 Å². The monoisotopic (exact) mass is 196 g/mol. The highest BCUT2D eigenvalue weighted by Gasteiger charge is 2.13. The molecule has 1 aromatic rings. The molecule has 0 saturated heterocycles. The summed E-state index contributed by atoms with van der Waals surface area (Å²) in [7, 11) is 1.32. The summed E-state index contributed by atoms with van der Waals surface area (Å²) in [5.41, 5.74) is 0.384. The highest BCUT2D eigenvalue weighted by atomic mass is 16.8. The summed E-state index contributed by atoms with van der Waals surface area (Å²) in [6.45, 7) is 2.95. The zero-order valence-corrected chi connectivity index (χ0v) is 8.36. The number of rotatable bonds is 5. The first-order chi connectivity index (χ1) is 6.77. The molecule has 14 heavy (non-hydrogen) atoms. The number of anilines is 1. The predicted octanol–water partition coefficient (Wildman–Crippen LogP) is 1.88. The first-order valence-electron chi connectivity index (χ1n) is 4.49. The van der Waals surface area contributed by atoms with Gasteiger partial charge in [-0.1, -0.05) is 6.92 Å². The van der Waals surface area contributed by atoms with Gasteiger partial charge in [0.2, 0.25) is 0 Å². The van der Waals surface area contributed by atoms with Crippen LogP contribution in [0.3, 0.4) is 0 Å². The smallest absolute Gasteiger partial charge is 0.335 e. The fourth-order valence-electron chi connectivity index (χ4n) is 0.957. The summed E-state index contributed by atoms with van der Waals surface area (Å²) in [6, 6.07) is 3.40. The van der Waals surface area contributed by atoms with Gasteiger partial charge in [-0.3, -0.25) is 0 Å². The molecule has 1 aromatic heterocycles. The minimum absolute atomic E-state index is 0.384. The van der Waals surface area contributed by atoms with E-state index in [0.717, 1.165) is 18.8 Å². The summed E-state index contributed by atoms with van der Waals surface area (Å²) in [4.78, 5) is 19.9. The van der Waals surface area contributed by atoms with Gasteiger partial charge in [-0.15, -0.1) is 0 Å². The fourth-order valence-corrected chi connectivity index (χ4v) is 0.957. The normalized spacial score (nSPS) is 9.57. The van der Waals surface area contributed by atoms with Gasteiger partial charge in [-0.25, -0.2) is 9.82 Å². The summed E-state index contributed by atoms with van der Waals surface area (Å²) in [5.74, 6) is 0.764. The van der Waals surface area contributed by atoms with Crippen molar-refractivity contribution in [1.29, 1.82) is 0 Å². The van der Waals surface area contributed by atoms with E-state index >= 15 is 0 Å². The zero-order valence-electron chi connectivity index (χ0n) is 8.36. The van der Waals surface area contributed by atoms with E-state index in [1.807, 2.05) is 0 Å². The van der Waals surface area contributed by atoms with Crippen LogP contribution in [0.5, 0.6) is 0 Å². The molecule has 1 rings (SSSR count). The van der Waals surface area contributed by atoms with Crippen molar-refractivity contribution in [3.63, 3.8) is 0 Å². The topological polar surface area (TPSA) is 54.2 Å². The van der Waals surface area contributed by atoms with E-state index in [1.165, 1.54) is 13.3 Å². The molecule has 0 atom stereocenters. The van der Waals surface area contributed by atoms with Gasteiger partial charge < -0.3 is 5.32 Å². The van der Waals surface area contributed by atoms with E-state index in [9.17, 15) is 4.91 Å². The first-order valence-corrected chi connectivity index (χ1v) is 4.49. The van der Waals surface area contributed by atoms with Gasteiger partial charge in [0.05, 0.1) is 4.91 Å². The minimum atomic E-state index is 0.384. The van der Waals surface area contributed by atoms with E-state index in [1.54, 1.807) is 12.1 Å². The van der Waals surface area contributed by atoms with Crippen LogP contribution in [0.1, 0.15) is 13.3 Å². The van der Waals surface area contributed by atoms with E-state index < -0.39 is 0 Å². The molecule has 0 radical (unpaired) electrons. The maximum absolute atomic E-state index is 11.0. The van der Waals surface area contributed by atoms with Crippen molar-refractivity contribution in [2.24, 2.45) is 0 Å². The van der Waals surface area contributed by atoms with Crippen molar-refractivity contribution >= 4 is 11.5 Å². The standard InChI is InChI=1S/C9H14N3O2/c1-3-6-10-9-5-4-8(7-11-9)12(13)14-2/h4-5,7H,3,6H2,1-2H3,(H,10,11)/q+1. The Kier molecular flexibility index (Phi) is 3.84. The average molecular weight is 196 g/mol. The van der Waals surface area contributed by atoms with Crippen molar-refractivity contribution in [3.8, 4) is 0 Å². The van der Waals surface area contributed by atoms with Crippen LogP contribution >= 0.6 is 0 Å². The van der Waals surface area contributed by atoms with Crippen molar-refractivity contribution in [2.45, 2.75) is 13.3 Å². The Labute approximate surface area is 82.6 Å². The Morgan fingerprint density at radius 1 is 1.57 bits per heavy atom. The quantitative estimate of drug-likeness (QED) is 0.730. The van der Waals surface area contributed by atoms with Crippen LogP contribution in [0.15, 0.2) is 18.3 Å². The minimum Gasteiger partial charge on any atom is -0.370 e. The van der Waals surface area contributed by atoms with Crippen LogP contribution in [0.2, 0.25) is 0 Å². The Morgan fingerprint density at radius 2 is 2.36 bits per heavy atom. The second-order valence-electron chi connectivity index (χ2n) is 2.77. The molecule has 0 aliphatic rings. The molecule has 76 valence electrons. The van der Waals surface area contributed by atoms with Crippen LogP contribution in [0.4, 0.5) is 11.5 Å². The number of pyridine rings is 1. The molecule has 1 N–H and O–H groups in total. The second kappa shape index (κ2) is 5.16. The Hall–Kier alpha value is -1.65. The van der Waals surface area contributed by atoms with Crippen LogP contribution in [-0.4, -0.2) is 23.6 Å². The fraction of sp³-hybridized carbons (Fsp3) is 0.444. The van der Waals surface area contributed by atoms with Crippen LogP contribution in [0, 0.1) is 4.91 Å². The molecule has 0 aliphatic carbocycles. The molecule has 0 fully saturated rings. The first kappa shape index (κ1) is 10.4. The molecule has 0 spiro atoms. The largest absolute Gasteiger partial charge is 0.370 e. The van der Waals surface area contributed by atoms with Gasteiger partial charge in [-0.2, -0.15) is 0 Å². The van der Waals surface area contributed by atoms with E-state index in [2.05, 4.69) is 22.1 Å². The molecule has 0 aromatic carbocycles. The number of hydrogen-bond acceptors (Lipinski definition) is 4. The summed E-state index contributed by atoms with van der Waals surface area (Å²) in [5, 5.41) is 3.11. The summed E-state index contributed by atoms with van der Waals surface area (Å²) < 4.78 is 0. The summed E-state index contributed by atoms with van der Waals surface area (Å²) in [6.07, 6.45) is 2.50. The maximum Gasteiger partial charge on any atom is 0.335 e. The lowest BCUT2D eigenvalue weighted by molar-refractivity contribution is -0.736. The van der Waals surface area contributed by atoms with E-state index in [4.69, 9.17) is 0 Å². The third-order valence-electron chi connectivity index (χ3n) is 1.68. The molecule has 1 heterocycles. The maximum atomic E-state index is 11.0. The Morgan fingerprint density at radius 3 is 2.86 bits per heavy atom.